The molecule has 0 atom stereocenters. The van der Waals surface area contributed by atoms with E-state index in [0.717, 1.165) is 18.6 Å². The number of alkyl halides is 2. The minimum atomic E-state index is -3.80. The van der Waals surface area contributed by atoms with Crippen molar-refractivity contribution >= 4 is 60.5 Å². The smallest absolute Gasteiger partial charge is 0.316 e. The summed E-state index contributed by atoms with van der Waals surface area (Å²) in [6, 6.07) is 8.48. The standard InChI is InChI=1S/C22H22F3N7O5S2/c1-38(34,35)30-13-6-12(7-14(8-13)31-39(2,36)37)11-32(21(24)25)20-16(23)10-26-22(29-20)28-18-5-3-4-17-15(18)9-19(33)27-17/h3-8,10,21,30-31H,9,11H2,1-2H3,(H,27,33)(H,26,28,29). The number of carbonyl (C=O) groups excluding carboxylic acids is 1. The number of amides is 1. The summed E-state index contributed by atoms with van der Waals surface area (Å²) in [4.78, 5) is 19.8. The molecule has 0 aliphatic carbocycles. The van der Waals surface area contributed by atoms with Crippen molar-refractivity contribution in [3.63, 3.8) is 0 Å². The van der Waals surface area contributed by atoms with E-state index in [4.69, 9.17) is 0 Å². The van der Waals surface area contributed by atoms with Crippen LogP contribution in [0.2, 0.25) is 0 Å². The summed E-state index contributed by atoms with van der Waals surface area (Å²) in [5, 5.41) is 5.48. The second-order valence-electron chi connectivity index (χ2n) is 8.62. The van der Waals surface area contributed by atoms with Gasteiger partial charge >= 0.3 is 6.55 Å². The maximum Gasteiger partial charge on any atom is 0.316 e. The van der Waals surface area contributed by atoms with Gasteiger partial charge < -0.3 is 10.6 Å². The van der Waals surface area contributed by atoms with Crippen LogP contribution in [0.5, 0.6) is 0 Å². The molecule has 1 aliphatic heterocycles. The van der Waals surface area contributed by atoms with Gasteiger partial charge in [0.05, 0.1) is 36.5 Å². The van der Waals surface area contributed by atoms with Crippen molar-refractivity contribution in [2.75, 3.05) is 37.5 Å². The number of nitrogens with one attached hydrogen (secondary N) is 4. The largest absolute Gasteiger partial charge is 0.325 e. The number of hydrogen-bond acceptors (Lipinski definition) is 9. The average molecular weight is 586 g/mol. The average Bonchev–Trinajstić information content (AvgIpc) is 3.17. The van der Waals surface area contributed by atoms with Gasteiger partial charge in [0.1, 0.15) is 0 Å². The topological polar surface area (TPSA) is 162 Å². The molecule has 0 fully saturated rings. The van der Waals surface area contributed by atoms with Crippen molar-refractivity contribution in [2.45, 2.75) is 19.5 Å². The van der Waals surface area contributed by atoms with E-state index >= 15 is 0 Å². The van der Waals surface area contributed by atoms with Gasteiger partial charge in [0.25, 0.3) is 0 Å². The van der Waals surface area contributed by atoms with Crippen LogP contribution in [0.3, 0.4) is 0 Å². The van der Waals surface area contributed by atoms with E-state index in [-0.39, 0.29) is 35.2 Å². The SMILES string of the molecule is CS(=O)(=O)Nc1cc(CN(c2nc(Nc3cccc4c3CC(=O)N4)ncc2F)C(F)F)cc(NS(C)(=O)=O)c1. The first kappa shape index (κ1) is 27.9. The van der Waals surface area contributed by atoms with E-state index in [1.54, 1.807) is 18.2 Å². The second kappa shape index (κ2) is 10.6. The molecule has 3 aromatic rings. The quantitative estimate of drug-likeness (QED) is 0.262. The Morgan fingerprint density at radius 2 is 1.69 bits per heavy atom. The molecule has 208 valence electrons. The molecule has 1 amide bonds. The van der Waals surface area contributed by atoms with Crippen molar-refractivity contribution < 1.29 is 34.8 Å². The van der Waals surface area contributed by atoms with Gasteiger partial charge in [-0.1, -0.05) is 6.07 Å². The number of halogens is 3. The zero-order valence-corrected chi connectivity index (χ0v) is 22.0. The van der Waals surface area contributed by atoms with Gasteiger partial charge in [-0.05, 0) is 35.9 Å². The molecule has 0 unspecified atom stereocenters. The Morgan fingerprint density at radius 1 is 1.05 bits per heavy atom. The molecule has 1 aromatic heterocycles. The van der Waals surface area contributed by atoms with Gasteiger partial charge in [-0.25, -0.2) is 26.2 Å². The molecule has 0 saturated heterocycles. The van der Waals surface area contributed by atoms with Crippen LogP contribution in [0.15, 0.2) is 42.6 Å². The van der Waals surface area contributed by atoms with Crippen molar-refractivity contribution in [3.05, 3.63) is 59.5 Å². The van der Waals surface area contributed by atoms with Gasteiger partial charge in [-0.3, -0.25) is 19.1 Å². The first-order valence-electron chi connectivity index (χ1n) is 11.0. The zero-order valence-electron chi connectivity index (χ0n) is 20.4. The Bertz CT molecular complexity index is 1600. The summed E-state index contributed by atoms with van der Waals surface area (Å²) in [5.74, 6) is -2.41. The fourth-order valence-corrected chi connectivity index (χ4v) is 4.96. The Morgan fingerprint density at radius 3 is 2.28 bits per heavy atom. The molecule has 0 spiro atoms. The second-order valence-corrected chi connectivity index (χ2v) is 12.1. The summed E-state index contributed by atoms with van der Waals surface area (Å²) >= 11 is 0. The summed E-state index contributed by atoms with van der Waals surface area (Å²) in [7, 11) is -7.61. The maximum absolute atomic E-state index is 14.7. The van der Waals surface area contributed by atoms with E-state index in [1.807, 2.05) is 0 Å². The third-order valence-electron chi connectivity index (χ3n) is 5.22. The van der Waals surface area contributed by atoms with Crippen LogP contribution in [-0.4, -0.2) is 51.8 Å². The van der Waals surface area contributed by atoms with Crippen LogP contribution in [0.4, 0.5) is 47.7 Å². The third kappa shape index (κ3) is 7.26. The molecule has 39 heavy (non-hydrogen) atoms. The molecule has 0 radical (unpaired) electrons. The van der Waals surface area contributed by atoms with E-state index in [2.05, 4.69) is 30.0 Å². The van der Waals surface area contributed by atoms with E-state index < -0.39 is 44.8 Å². The fourth-order valence-electron chi connectivity index (χ4n) is 3.87. The lowest BCUT2D eigenvalue weighted by Gasteiger charge is -2.24. The number of sulfonamides is 2. The highest BCUT2D eigenvalue weighted by atomic mass is 32.2. The number of carbonyl (C=O) groups is 1. The minimum Gasteiger partial charge on any atom is -0.325 e. The lowest BCUT2D eigenvalue weighted by molar-refractivity contribution is -0.115. The van der Waals surface area contributed by atoms with E-state index in [1.165, 1.54) is 12.1 Å². The number of aromatic nitrogens is 2. The minimum absolute atomic E-state index is 0.00749. The lowest BCUT2D eigenvalue weighted by atomic mass is 10.1. The summed E-state index contributed by atoms with van der Waals surface area (Å²) in [6.45, 7) is -3.97. The molecular weight excluding hydrogens is 563 g/mol. The van der Waals surface area contributed by atoms with Crippen molar-refractivity contribution in [1.82, 2.24) is 9.97 Å². The van der Waals surface area contributed by atoms with Crippen LogP contribution in [0.25, 0.3) is 0 Å². The number of rotatable bonds is 10. The number of anilines is 6. The monoisotopic (exact) mass is 585 g/mol. The third-order valence-corrected chi connectivity index (χ3v) is 6.43. The van der Waals surface area contributed by atoms with Gasteiger partial charge in [0.15, 0.2) is 11.6 Å². The van der Waals surface area contributed by atoms with Crippen molar-refractivity contribution in [3.8, 4) is 0 Å². The molecule has 4 N–H and O–H groups in total. The Kier molecular flexibility index (Phi) is 7.56. The van der Waals surface area contributed by atoms with Crippen molar-refractivity contribution in [1.29, 1.82) is 0 Å². The maximum atomic E-state index is 14.7. The molecule has 2 heterocycles. The summed E-state index contributed by atoms with van der Waals surface area (Å²) < 4.78 is 94.2. The molecule has 0 saturated carbocycles. The van der Waals surface area contributed by atoms with Crippen LogP contribution in [0, 0.1) is 5.82 Å². The predicted molar refractivity (Wildman–Crippen MR) is 140 cm³/mol. The molecule has 17 heteroatoms. The Labute approximate surface area is 221 Å². The first-order valence-corrected chi connectivity index (χ1v) is 14.8. The molecule has 2 aromatic carbocycles. The van der Waals surface area contributed by atoms with Crippen LogP contribution >= 0.6 is 0 Å². The number of fused-ring (bicyclic) bond motifs is 1. The Hall–Kier alpha value is -4.12. The molecule has 0 bridgehead atoms. The zero-order chi connectivity index (χ0) is 28.5. The van der Waals surface area contributed by atoms with E-state index in [0.29, 0.717) is 28.0 Å². The van der Waals surface area contributed by atoms with Crippen LogP contribution in [0.1, 0.15) is 11.1 Å². The number of hydrogen-bond donors (Lipinski definition) is 4. The van der Waals surface area contributed by atoms with Gasteiger partial charge in [0, 0.05) is 23.5 Å². The summed E-state index contributed by atoms with van der Waals surface area (Å²) in [6.07, 6.45) is 2.48. The fraction of sp³-hybridized carbons (Fsp3) is 0.227. The van der Waals surface area contributed by atoms with Crippen LogP contribution in [-0.2, 0) is 37.8 Å². The molecular formula is C22H22F3N7O5S2. The molecule has 12 nitrogen and oxygen atoms in total. The highest BCUT2D eigenvalue weighted by molar-refractivity contribution is 7.92. The normalized spacial score (nSPS) is 13.1. The Balaban J connectivity index is 1.68. The van der Waals surface area contributed by atoms with E-state index in [9.17, 15) is 34.8 Å². The van der Waals surface area contributed by atoms with Crippen LogP contribution < -0.4 is 25.0 Å². The van der Waals surface area contributed by atoms with Crippen molar-refractivity contribution in [2.24, 2.45) is 0 Å². The number of nitrogens with zero attached hydrogens (tertiary/aromatic N) is 3. The van der Waals surface area contributed by atoms with Gasteiger partial charge in [-0.15, -0.1) is 0 Å². The lowest BCUT2D eigenvalue weighted by Crippen LogP contribution is -2.30. The van der Waals surface area contributed by atoms with Gasteiger partial charge in [0.2, 0.25) is 31.9 Å². The summed E-state index contributed by atoms with van der Waals surface area (Å²) in [5.41, 5.74) is 1.37. The molecule has 4 rings (SSSR count). The molecule has 1 aliphatic rings. The number of benzene rings is 2. The first-order chi connectivity index (χ1) is 18.2. The van der Waals surface area contributed by atoms with Gasteiger partial charge in [-0.2, -0.15) is 13.8 Å². The predicted octanol–water partition coefficient (Wildman–Crippen LogP) is 2.83. The highest BCUT2D eigenvalue weighted by Gasteiger charge is 2.25. The highest BCUT2D eigenvalue weighted by Crippen LogP contribution is 2.32.